The molecule has 7 heteroatoms. The Morgan fingerprint density at radius 2 is 1.72 bits per heavy atom. The zero-order chi connectivity index (χ0) is 20.4. The molecule has 0 N–H and O–H groups in total. The lowest BCUT2D eigenvalue weighted by Gasteiger charge is -2.26. The van der Waals surface area contributed by atoms with E-state index in [2.05, 4.69) is 70.0 Å². The second kappa shape index (κ2) is 8.30. The smallest absolute Gasteiger partial charge is 0.226 e. The normalized spacial score (nSPS) is 15.7. The van der Waals surface area contributed by atoms with Crippen LogP contribution in [-0.2, 0) is 11.2 Å². The number of aryl methyl sites for hydroxylation is 1. The Morgan fingerprint density at radius 3 is 2.34 bits per heavy atom. The van der Waals surface area contributed by atoms with Crippen LogP contribution in [0.2, 0.25) is 0 Å². The van der Waals surface area contributed by atoms with Crippen molar-refractivity contribution in [2.24, 2.45) is 0 Å². The molecule has 1 aliphatic rings. The molecule has 1 saturated carbocycles. The third-order valence-electron chi connectivity index (χ3n) is 5.51. The van der Waals surface area contributed by atoms with Crippen molar-refractivity contribution in [2.75, 3.05) is 0 Å². The molecule has 0 aliphatic heterocycles. The minimum absolute atomic E-state index is 0.138. The molecule has 3 aromatic rings. The lowest BCUT2D eigenvalue weighted by Crippen LogP contribution is -2.15. The Balaban J connectivity index is 1.65. The molecule has 0 radical (unpaired) electrons. The number of rotatable bonds is 5. The Bertz CT molecular complexity index is 948. The molecule has 4 rings (SSSR count). The summed E-state index contributed by atoms with van der Waals surface area (Å²) in [6.07, 6.45) is 6.20. The van der Waals surface area contributed by atoms with Gasteiger partial charge >= 0.3 is 0 Å². The van der Waals surface area contributed by atoms with Crippen LogP contribution in [0.4, 0.5) is 0 Å². The van der Waals surface area contributed by atoms with Crippen molar-refractivity contribution in [2.45, 2.75) is 82.2 Å². The summed E-state index contributed by atoms with van der Waals surface area (Å²) in [6.45, 7) is 8.52. The van der Waals surface area contributed by atoms with Crippen LogP contribution in [0.15, 0.2) is 33.8 Å². The van der Waals surface area contributed by atoms with Crippen molar-refractivity contribution >= 4 is 11.8 Å². The van der Waals surface area contributed by atoms with Crippen LogP contribution >= 0.6 is 11.8 Å². The summed E-state index contributed by atoms with van der Waals surface area (Å²) >= 11 is 1.62. The number of benzene rings is 1. The van der Waals surface area contributed by atoms with Crippen LogP contribution in [0.25, 0.3) is 11.4 Å². The molecular weight excluding hydrogens is 382 g/mol. The molecule has 0 spiro atoms. The van der Waals surface area contributed by atoms with Gasteiger partial charge in [-0.25, -0.2) is 0 Å². The van der Waals surface area contributed by atoms with Gasteiger partial charge in [0, 0.05) is 18.5 Å². The van der Waals surface area contributed by atoms with Gasteiger partial charge in [-0.05, 0) is 23.8 Å². The van der Waals surface area contributed by atoms with Gasteiger partial charge < -0.3 is 4.42 Å². The second-order valence-electron chi connectivity index (χ2n) is 8.80. The van der Waals surface area contributed by atoms with E-state index < -0.39 is 0 Å². The van der Waals surface area contributed by atoms with Crippen molar-refractivity contribution in [1.29, 1.82) is 0 Å². The fourth-order valence-electron chi connectivity index (χ4n) is 3.88. The van der Waals surface area contributed by atoms with E-state index in [1.54, 1.807) is 11.8 Å². The minimum atomic E-state index is 0.138. The Labute approximate surface area is 176 Å². The maximum Gasteiger partial charge on any atom is 0.226 e. The predicted octanol–water partition coefficient (Wildman–Crippen LogP) is 5.73. The number of hydrogen-bond acceptors (Lipinski definition) is 6. The van der Waals surface area contributed by atoms with Gasteiger partial charge in [0.25, 0.3) is 0 Å². The first kappa shape index (κ1) is 20.1. The summed E-state index contributed by atoms with van der Waals surface area (Å²) in [5, 5.41) is 18.1. The summed E-state index contributed by atoms with van der Waals surface area (Å²) < 4.78 is 7.87. The van der Waals surface area contributed by atoms with Gasteiger partial charge in [0.2, 0.25) is 11.8 Å². The number of thioether (sulfide) groups is 1. The van der Waals surface area contributed by atoms with Crippen LogP contribution in [0.5, 0.6) is 0 Å². The van der Waals surface area contributed by atoms with Crippen LogP contribution in [-0.4, -0.2) is 25.0 Å². The largest absolute Gasteiger partial charge is 0.425 e. The Morgan fingerprint density at radius 1 is 1.00 bits per heavy atom. The molecule has 1 aromatic carbocycles. The highest BCUT2D eigenvalue weighted by atomic mass is 32.2. The van der Waals surface area contributed by atoms with E-state index in [1.165, 1.54) is 37.7 Å². The molecule has 0 bridgehead atoms. The van der Waals surface area contributed by atoms with Gasteiger partial charge in [0.1, 0.15) is 0 Å². The summed E-state index contributed by atoms with van der Waals surface area (Å²) in [4.78, 5) is 0. The summed E-state index contributed by atoms with van der Waals surface area (Å²) in [7, 11) is 0. The lowest BCUT2D eigenvalue weighted by atomic mass is 9.86. The van der Waals surface area contributed by atoms with Crippen LogP contribution in [0.1, 0.15) is 76.3 Å². The summed E-state index contributed by atoms with van der Waals surface area (Å²) in [6, 6.07) is 9.23. The fraction of sp³-hybridized carbons (Fsp3) is 0.545. The summed E-state index contributed by atoms with van der Waals surface area (Å²) in [5.41, 5.74) is 2.58. The van der Waals surface area contributed by atoms with Crippen molar-refractivity contribution in [3.8, 4) is 11.4 Å². The maximum absolute atomic E-state index is 5.53. The predicted molar refractivity (Wildman–Crippen MR) is 115 cm³/mol. The molecular formula is C22H29N5OS. The van der Waals surface area contributed by atoms with Gasteiger partial charge in [-0.1, -0.05) is 76.1 Å². The molecule has 0 saturated heterocycles. The molecule has 29 heavy (non-hydrogen) atoms. The zero-order valence-corrected chi connectivity index (χ0v) is 18.5. The zero-order valence-electron chi connectivity index (χ0n) is 17.7. The number of aromatic nitrogens is 5. The summed E-state index contributed by atoms with van der Waals surface area (Å²) in [5.74, 6) is 2.78. The first-order valence-electron chi connectivity index (χ1n) is 10.4. The SMILES string of the molecule is Cc1nnc(CSc2nnc(-c3ccc(C(C)(C)C)cc3)n2C2CCCCC2)o1. The van der Waals surface area contributed by atoms with E-state index in [4.69, 9.17) is 4.42 Å². The van der Waals surface area contributed by atoms with Crippen LogP contribution in [0.3, 0.4) is 0 Å². The molecule has 2 heterocycles. The molecule has 6 nitrogen and oxygen atoms in total. The van der Waals surface area contributed by atoms with E-state index in [9.17, 15) is 0 Å². The highest BCUT2D eigenvalue weighted by Crippen LogP contribution is 2.36. The number of nitrogens with zero attached hydrogens (tertiary/aromatic N) is 5. The van der Waals surface area contributed by atoms with Crippen LogP contribution in [0, 0.1) is 6.92 Å². The molecule has 0 unspecified atom stereocenters. The Kier molecular flexibility index (Phi) is 5.76. The van der Waals surface area contributed by atoms with E-state index in [-0.39, 0.29) is 5.41 Å². The van der Waals surface area contributed by atoms with E-state index in [0.29, 0.717) is 23.6 Å². The van der Waals surface area contributed by atoms with Crippen LogP contribution < -0.4 is 0 Å². The monoisotopic (exact) mass is 411 g/mol. The molecule has 2 aromatic heterocycles. The fourth-order valence-corrected chi connectivity index (χ4v) is 4.72. The molecule has 1 fully saturated rings. The first-order valence-corrected chi connectivity index (χ1v) is 11.4. The third-order valence-corrected chi connectivity index (χ3v) is 6.43. The molecule has 0 atom stereocenters. The van der Waals surface area contributed by atoms with Gasteiger partial charge in [0.05, 0.1) is 5.75 Å². The molecule has 154 valence electrons. The average molecular weight is 412 g/mol. The topological polar surface area (TPSA) is 69.6 Å². The third kappa shape index (κ3) is 4.55. The van der Waals surface area contributed by atoms with Crippen molar-refractivity contribution < 1.29 is 4.42 Å². The Hall–Kier alpha value is -2.15. The molecule has 0 amide bonds. The van der Waals surface area contributed by atoms with E-state index in [0.717, 1.165) is 16.5 Å². The van der Waals surface area contributed by atoms with Gasteiger partial charge in [-0.2, -0.15) is 0 Å². The quantitative estimate of drug-likeness (QED) is 0.499. The van der Waals surface area contributed by atoms with Crippen molar-refractivity contribution in [3.05, 3.63) is 41.6 Å². The highest BCUT2D eigenvalue weighted by Gasteiger charge is 2.24. The standard InChI is InChI=1S/C22H29N5OS/c1-15-23-24-19(28-15)14-29-21-26-25-20(27(21)18-8-6-5-7-9-18)16-10-12-17(13-11-16)22(2,3)4/h10-13,18H,5-9,14H2,1-4H3. The van der Waals surface area contributed by atoms with E-state index in [1.807, 2.05) is 6.92 Å². The van der Waals surface area contributed by atoms with Gasteiger partial charge in [-0.3, -0.25) is 4.57 Å². The van der Waals surface area contributed by atoms with Crippen molar-refractivity contribution in [1.82, 2.24) is 25.0 Å². The lowest BCUT2D eigenvalue weighted by molar-refractivity contribution is 0.339. The van der Waals surface area contributed by atoms with Gasteiger partial charge in [-0.15, -0.1) is 20.4 Å². The maximum atomic E-state index is 5.53. The molecule has 1 aliphatic carbocycles. The number of hydrogen-bond donors (Lipinski definition) is 0. The van der Waals surface area contributed by atoms with Gasteiger partial charge in [0.15, 0.2) is 11.0 Å². The second-order valence-corrected chi connectivity index (χ2v) is 9.74. The first-order chi connectivity index (χ1) is 13.9. The average Bonchev–Trinajstić information content (AvgIpc) is 3.32. The van der Waals surface area contributed by atoms with Crippen molar-refractivity contribution in [3.63, 3.8) is 0 Å². The minimum Gasteiger partial charge on any atom is -0.425 e. The highest BCUT2D eigenvalue weighted by molar-refractivity contribution is 7.98. The van der Waals surface area contributed by atoms with E-state index >= 15 is 0 Å².